The molecule has 3 rings (SSSR count). The number of hydrogen-bond acceptors (Lipinski definition) is 5. The van der Waals surface area contributed by atoms with Gasteiger partial charge in [-0.1, -0.05) is 43.3 Å². The van der Waals surface area contributed by atoms with Crippen LogP contribution in [0.1, 0.15) is 18.4 Å². The number of rotatable bonds is 7. The molecular formula is C19H25N3O3S2. The van der Waals surface area contributed by atoms with Crippen molar-refractivity contribution >= 4 is 27.3 Å². The van der Waals surface area contributed by atoms with E-state index < -0.39 is 10.0 Å². The van der Waals surface area contributed by atoms with Gasteiger partial charge in [-0.2, -0.15) is 4.31 Å². The Morgan fingerprint density at radius 1 is 1.19 bits per heavy atom. The van der Waals surface area contributed by atoms with E-state index in [4.69, 9.17) is 0 Å². The number of nitrogens with one attached hydrogen (secondary N) is 1. The summed E-state index contributed by atoms with van der Waals surface area (Å²) in [6, 6.07) is 13.1. The van der Waals surface area contributed by atoms with Crippen molar-refractivity contribution in [1.29, 1.82) is 0 Å². The second-order valence-corrected chi connectivity index (χ2v) is 9.78. The van der Waals surface area contributed by atoms with Crippen LogP contribution in [0.4, 0.5) is 0 Å². The highest BCUT2D eigenvalue weighted by Gasteiger charge is 2.31. The van der Waals surface area contributed by atoms with E-state index in [1.54, 1.807) is 22.4 Å². The van der Waals surface area contributed by atoms with Gasteiger partial charge in [0.25, 0.3) is 10.0 Å². The van der Waals surface area contributed by atoms with Crippen LogP contribution in [0.25, 0.3) is 0 Å². The Kier molecular flexibility index (Phi) is 6.64. The molecule has 1 atom stereocenters. The Labute approximate surface area is 164 Å². The van der Waals surface area contributed by atoms with Crippen LogP contribution in [0, 0.1) is 0 Å². The molecule has 1 saturated heterocycles. The molecule has 1 fully saturated rings. The first-order valence-corrected chi connectivity index (χ1v) is 11.4. The molecule has 0 spiro atoms. The zero-order valence-corrected chi connectivity index (χ0v) is 17.0. The number of nitrogens with zero attached hydrogens (tertiary/aromatic N) is 2. The summed E-state index contributed by atoms with van der Waals surface area (Å²) in [6.45, 7) is 4.83. The number of carbonyl (C=O) groups is 1. The highest BCUT2D eigenvalue weighted by Crippen LogP contribution is 2.24. The monoisotopic (exact) mass is 407 g/mol. The van der Waals surface area contributed by atoms with E-state index in [9.17, 15) is 13.2 Å². The fourth-order valence-electron chi connectivity index (χ4n) is 3.14. The van der Waals surface area contributed by atoms with Crippen molar-refractivity contribution < 1.29 is 13.2 Å². The summed E-state index contributed by atoms with van der Waals surface area (Å²) in [6.07, 6.45) is 0. The van der Waals surface area contributed by atoms with E-state index in [0.29, 0.717) is 13.1 Å². The molecule has 6 nitrogen and oxygen atoms in total. The molecule has 1 aromatic carbocycles. The minimum atomic E-state index is -3.71. The number of sulfonamides is 1. The molecule has 0 bridgehead atoms. The normalized spacial score (nSPS) is 16.4. The SMILES string of the molecule is C[C@H](CN(CC(=O)N1CCNCC1)S(=O)(=O)c1cccs1)c1ccccc1. The van der Waals surface area contributed by atoms with Gasteiger partial charge >= 0.3 is 0 Å². The zero-order valence-electron chi connectivity index (χ0n) is 15.4. The summed E-state index contributed by atoms with van der Waals surface area (Å²) < 4.78 is 27.9. The number of hydrogen-bond donors (Lipinski definition) is 1. The second kappa shape index (κ2) is 8.97. The van der Waals surface area contributed by atoms with Crippen LogP contribution in [0.2, 0.25) is 0 Å². The van der Waals surface area contributed by atoms with Crippen molar-refractivity contribution in [3.63, 3.8) is 0 Å². The van der Waals surface area contributed by atoms with Crippen LogP contribution in [-0.2, 0) is 14.8 Å². The molecule has 2 heterocycles. The Balaban J connectivity index is 1.81. The summed E-state index contributed by atoms with van der Waals surface area (Å²) in [5.41, 5.74) is 1.05. The molecule has 27 heavy (non-hydrogen) atoms. The lowest BCUT2D eigenvalue weighted by molar-refractivity contribution is -0.132. The fourth-order valence-corrected chi connectivity index (χ4v) is 5.77. The molecule has 0 saturated carbocycles. The van der Waals surface area contributed by atoms with E-state index in [-0.39, 0.29) is 29.1 Å². The third-order valence-electron chi connectivity index (χ3n) is 4.72. The summed E-state index contributed by atoms with van der Waals surface area (Å²) in [7, 11) is -3.71. The molecule has 1 aromatic heterocycles. The quantitative estimate of drug-likeness (QED) is 0.762. The molecule has 146 valence electrons. The van der Waals surface area contributed by atoms with Gasteiger partial charge in [0.05, 0.1) is 6.54 Å². The molecule has 8 heteroatoms. The van der Waals surface area contributed by atoms with Crippen LogP contribution in [0.15, 0.2) is 52.1 Å². The first-order valence-electron chi connectivity index (χ1n) is 9.05. The number of piperazine rings is 1. The highest BCUT2D eigenvalue weighted by atomic mass is 32.2. The van der Waals surface area contributed by atoms with Gasteiger partial charge in [0, 0.05) is 32.7 Å². The standard InChI is InChI=1S/C19H25N3O3S2/c1-16(17-6-3-2-4-7-17)14-22(27(24,25)19-8-5-13-26-19)15-18(23)21-11-9-20-10-12-21/h2-8,13,16,20H,9-12,14-15H2,1H3/t16-/m1/s1. The van der Waals surface area contributed by atoms with E-state index in [2.05, 4.69) is 5.32 Å². The summed E-state index contributed by atoms with van der Waals surface area (Å²) >= 11 is 1.18. The van der Waals surface area contributed by atoms with Crippen molar-refractivity contribution in [2.24, 2.45) is 0 Å². The van der Waals surface area contributed by atoms with E-state index in [1.807, 2.05) is 37.3 Å². The van der Waals surface area contributed by atoms with E-state index >= 15 is 0 Å². The Bertz CT molecular complexity index is 832. The van der Waals surface area contributed by atoms with Gasteiger partial charge in [0.2, 0.25) is 5.91 Å². The maximum Gasteiger partial charge on any atom is 0.253 e. The lowest BCUT2D eigenvalue weighted by Gasteiger charge is -2.31. The molecule has 1 aliphatic rings. The van der Waals surface area contributed by atoms with Gasteiger partial charge in [-0.05, 0) is 22.9 Å². The largest absolute Gasteiger partial charge is 0.339 e. The van der Waals surface area contributed by atoms with Gasteiger partial charge in [0.15, 0.2) is 0 Å². The second-order valence-electron chi connectivity index (χ2n) is 6.67. The zero-order chi connectivity index (χ0) is 19.3. The third-order valence-corrected chi connectivity index (χ3v) is 7.90. The lowest BCUT2D eigenvalue weighted by atomic mass is 10.0. The molecule has 0 aliphatic carbocycles. The first-order chi connectivity index (χ1) is 13.0. The van der Waals surface area contributed by atoms with Crippen LogP contribution in [0.3, 0.4) is 0 Å². The van der Waals surface area contributed by atoms with Crippen LogP contribution in [-0.4, -0.2) is 62.8 Å². The molecule has 0 radical (unpaired) electrons. The average molecular weight is 408 g/mol. The van der Waals surface area contributed by atoms with Gasteiger partial charge in [-0.25, -0.2) is 8.42 Å². The van der Waals surface area contributed by atoms with Crippen LogP contribution >= 0.6 is 11.3 Å². The van der Waals surface area contributed by atoms with Gasteiger partial charge in [0.1, 0.15) is 4.21 Å². The highest BCUT2D eigenvalue weighted by molar-refractivity contribution is 7.91. The number of carbonyl (C=O) groups excluding carboxylic acids is 1. The van der Waals surface area contributed by atoms with Crippen molar-refractivity contribution in [3.8, 4) is 0 Å². The predicted molar refractivity (Wildman–Crippen MR) is 107 cm³/mol. The Morgan fingerprint density at radius 3 is 2.52 bits per heavy atom. The molecule has 1 N–H and O–H groups in total. The van der Waals surface area contributed by atoms with Crippen molar-refractivity contribution in [3.05, 3.63) is 53.4 Å². The summed E-state index contributed by atoms with van der Waals surface area (Å²) in [4.78, 5) is 14.5. The third kappa shape index (κ3) is 4.95. The van der Waals surface area contributed by atoms with Crippen molar-refractivity contribution in [2.45, 2.75) is 17.1 Å². The smallest absolute Gasteiger partial charge is 0.253 e. The molecule has 0 unspecified atom stereocenters. The number of amides is 1. The molecule has 2 aromatic rings. The average Bonchev–Trinajstić information content (AvgIpc) is 3.24. The fraction of sp³-hybridized carbons (Fsp3) is 0.421. The molecule has 1 amide bonds. The first kappa shape index (κ1) is 20.0. The summed E-state index contributed by atoms with van der Waals surface area (Å²) in [5.74, 6) is -0.159. The van der Waals surface area contributed by atoms with Gasteiger partial charge < -0.3 is 10.2 Å². The topological polar surface area (TPSA) is 69.7 Å². The Hall–Kier alpha value is -1.74. The minimum absolute atomic E-state index is 0.0169. The van der Waals surface area contributed by atoms with Gasteiger partial charge in [-0.15, -0.1) is 11.3 Å². The number of benzene rings is 1. The number of thiophene rings is 1. The lowest BCUT2D eigenvalue weighted by Crippen LogP contribution is -2.50. The van der Waals surface area contributed by atoms with Crippen molar-refractivity contribution in [2.75, 3.05) is 39.3 Å². The van der Waals surface area contributed by atoms with Gasteiger partial charge in [-0.3, -0.25) is 4.79 Å². The van der Waals surface area contributed by atoms with Crippen molar-refractivity contribution in [1.82, 2.24) is 14.5 Å². The Morgan fingerprint density at radius 2 is 1.89 bits per heavy atom. The van der Waals surface area contributed by atoms with Crippen LogP contribution < -0.4 is 5.32 Å². The van der Waals surface area contributed by atoms with E-state index in [0.717, 1.165) is 18.7 Å². The van der Waals surface area contributed by atoms with E-state index in [1.165, 1.54) is 15.6 Å². The molecule has 1 aliphatic heterocycles. The maximum atomic E-state index is 13.1. The molecular weight excluding hydrogens is 382 g/mol. The van der Waals surface area contributed by atoms with Crippen LogP contribution in [0.5, 0.6) is 0 Å². The summed E-state index contributed by atoms with van der Waals surface area (Å²) in [5, 5.41) is 4.95. The minimum Gasteiger partial charge on any atom is -0.339 e. The predicted octanol–water partition coefficient (Wildman–Crippen LogP) is 1.97. The maximum absolute atomic E-state index is 13.1.